The summed E-state index contributed by atoms with van der Waals surface area (Å²) in [6, 6.07) is -0.0395. The first-order valence-corrected chi connectivity index (χ1v) is 2.67. The zero-order valence-corrected chi connectivity index (χ0v) is 5.35. The van der Waals surface area contributed by atoms with Crippen molar-refractivity contribution in [2.24, 2.45) is 5.73 Å². The molecule has 0 radical (unpaired) electrons. The van der Waals surface area contributed by atoms with E-state index in [4.69, 9.17) is 12.2 Å². The molecule has 0 aromatic rings. The second-order valence-electron chi connectivity index (χ2n) is 1.83. The van der Waals surface area contributed by atoms with E-state index in [1.165, 1.54) is 0 Å². The largest absolute Gasteiger partial charge is 0.344 e. The van der Waals surface area contributed by atoms with Crippen molar-refractivity contribution in [3.05, 3.63) is 0 Å². The predicted molar refractivity (Wildman–Crippen MR) is 35.5 cm³/mol. The van der Waals surface area contributed by atoms with Crippen molar-refractivity contribution < 1.29 is 4.79 Å². The van der Waals surface area contributed by atoms with E-state index in [1.54, 1.807) is 6.92 Å². The first-order valence-electron chi connectivity index (χ1n) is 2.67. The minimum Gasteiger partial charge on any atom is -0.344 e. The molecule has 1 unspecified atom stereocenters. The Morgan fingerprint density at radius 3 is 2.89 bits per heavy atom. The van der Waals surface area contributed by atoms with E-state index in [0.29, 0.717) is 6.54 Å². The molecular formula is C6H10N2O. The summed E-state index contributed by atoms with van der Waals surface area (Å²) in [5, 5.41) is 2.43. The maximum absolute atomic E-state index is 10.3. The van der Waals surface area contributed by atoms with E-state index in [9.17, 15) is 4.79 Å². The highest BCUT2D eigenvalue weighted by Gasteiger charge is 1.95. The number of carbonyl (C=O) groups is 1. The van der Waals surface area contributed by atoms with Crippen molar-refractivity contribution in [1.29, 1.82) is 0 Å². The highest BCUT2D eigenvalue weighted by atomic mass is 16.1. The molecule has 0 aliphatic heterocycles. The molecule has 0 aliphatic carbocycles. The second-order valence-corrected chi connectivity index (χ2v) is 1.83. The fraction of sp³-hybridized carbons (Fsp3) is 0.500. The zero-order chi connectivity index (χ0) is 7.28. The van der Waals surface area contributed by atoms with Gasteiger partial charge in [0.1, 0.15) is 0 Å². The van der Waals surface area contributed by atoms with Crippen molar-refractivity contribution in [2.45, 2.75) is 13.0 Å². The van der Waals surface area contributed by atoms with Crippen LogP contribution in [0.5, 0.6) is 0 Å². The van der Waals surface area contributed by atoms with Gasteiger partial charge in [-0.1, -0.05) is 0 Å². The SMILES string of the molecule is C#CC(=O)NCC(C)N. The van der Waals surface area contributed by atoms with Crippen LogP contribution < -0.4 is 11.1 Å². The van der Waals surface area contributed by atoms with Gasteiger partial charge in [0.05, 0.1) is 0 Å². The van der Waals surface area contributed by atoms with Gasteiger partial charge in [-0.2, -0.15) is 0 Å². The summed E-state index contributed by atoms with van der Waals surface area (Å²) in [6.45, 7) is 2.22. The molecule has 50 valence electrons. The van der Waals surface area contributed by atoms with Gasteiger partial charge in [-0.25, -0.2) is 0 Å². The van der Waals surface area contributed by atoms with Gasteiger partial charge < -0.3 is 11.1 Å². The Bertz CT molecular complexity index is 134. The van der Waals surface area contributed by atoms with Crippen LogP contribution in [0.4, 0.5) is 0 Å². The third-order valence-corrected chi connectivity index (χ3v) is 0.716. The van der Waals surface area contributed by atoms with Crippen molar-refractivity contribution in [3.8, 4) is 12.3 Å². The lowest BCUT2D eigenvalue weighted by Gasteiger charge is -2.02. The van der Waals surface area contributed by atoms with E-state index >= 15 is 0 Å². The average Bonchev–Trinajstić information content (AvgIpc) is 1.83. The van der Waals surface area contributed by atoms with Gasteiger partial charge in [0.2, 0.25) is 0 Å². The molecule has 1 atom stereocenters. The lowest BCUT2D eigenvalue weighted by Crippen LogP contribution is -2.34. The van der Waals surface area contributed by atoms with E-state index in [2.05, 4.69) is 5.32 Å². The predicted octanol–water partition coefficient (Wildman–Crippen LogP) is -0.917. The maximum atomic E-state index is 10.3. The third kappa shape index (κ3) is 4.85. The molecule has 0 aromatic carbocycles. The normalized spacial score (nSPS) is 11.7. The summed E-state index contributed by atoms with van der Waals surface area (Å²) in [6.07, 6.45) is 4.76. The monoisotopic (exact) mass is 126 g/mol. The van der Waals surface area contributed by atoms with Crippen molar-refractivity contribution in [3.63, 3.8) is 0 Å². The molecule has 3 nitrogen and oxygen atoms in total. The molecule has 3 N–H and O–H groups in total. The molecular weight excluding hydrogens is 116 g/mol. The number of terminal acetylenes is 1. The Morgan fingerprint density at radius 1 is 2.00 bits per heavy atom. The minimum absolute atomic E-state index is 0.0395. The van der Waals surface area contributed by atoms with E-state index in [-0.39, 0.29) is 6.04 Å². The van der Waals surface area contributed by atoms with Gasteiger partial charge in [-0.05, 0) is 12.8 Å². The van der Waals surface area contributed by atoms with Crippen LogP contribution >= 0.6 is 0 Å². The number of amides is 1. The molecule has 0 rings (SSSR count). The van der Waals surface area contributed by atoms with Crippen LogP contribution in [-0.2, 0) is 4.79 Å². The molecule has 0 saturated heterocycles. The second kappa shape index (κ2) is 3.93. The van der Waals surface area contributed by atoms with Crippen molar-refractivity contribution in [2.75, 3.05) is 6.54 Å². The Labute approximate surface area is 54.6 Å². The van der Waals surface area contributed by atoms with Gasteiger partial charge >= 0.3 is 0 Å². The minimum atomic E-state index is -0.410. The first-order chi connectivity index (χ1) is 4.16. The summed E-state index contributed by atoms with van der Waals surface area (Å²) >= 11 is 0. The fourth-order valence-corrected chi connectivity index (χ4v) is 0.305. The summed E-state index contributed by atoms with van der Waals surface area (Å²) in [5.41, 5.74) is 5.31. The van der Waals surface area contributed by atoms with E-state index in [0.717, 1.165) is 0 Å². The molecule has 0 aromatic heterocycles. The topological polar surface area (TPSA) is 55.1 Å². The third-order valence-electron chi connectivity index (χ3n) is 0.716. The summed E-state index contributed by atoms with van der Waals surface area (Å²) in [7, 11) is 0. The zero-order valence-electron chi connectivity index (χ0n) is 5.35. The number of hydrogen-bond acceptors (Lipinski definition) is 2. The number of hydrogen-bond donors (Lipinski definition) is 2. The molecule has 0 spiro atoms. The number of nitrogens with one attached hydrogen (secondary N) is 1. The number of rotatable bonds is 2. The average molecular weight is 126 g/mol. The van der Waals surface area contributed by atoms with Crippen LogP contribution in [0.25, 0.3) is 0 Å². The van der Waals surface area contributed by atoms with Gasteiger partial charge in [-0.3, -0.25) is 4.79 Å². The molecule has 1 amide bonds. The smallest absolute Gasteiger partial charge is 0.295 e. The van der Waals surface area contributed by atoms with Gasteiger partial charge in [0, 0.05) is 12.6 Å². The Kier molecular flexibility index (Phi) is 3.49. The molecule has 0 aliphatic rings. The van der Waals surface area contributed by atoms with Crippen molar-refractivity contribution in [1.82, 2.24) is 5.32 Å². The summed E-state index contributed by atoms with van der Waals surface area (Å²) < 4.78 is 0. The summed E-state index contributed by atoms with van der Waals surface area (Å²) in [5.74, 6) is 1.50. The van der Waals surface area contributed by atoms with Crippen LogP contribution in [-0.4, -0.2) is 18.5 Å². The Balaban J connectivity index is 3.31. The Hall–Kier alpha value is -1.01. The van der Waals surface area contributed by atoms with Gasteiger partial charge in [0.15, 0.2) is 0 Å². The first kappa shape index (κ1) is 7.99. The van der Waals surface area contributed by atoms with E-state index in [1.807, 2.05) is 5.92 Å². The van der Waals surface area contributed by atoms with Crippen LogP contribution in [0.15, 0.2) is 0 Å². The van der Waals surface area contributed by atoms with Crippen LogP contribution in [0, 0.1) is 12.3 Å². The molecule has 0 bridgehead atoms. The Morgan fingerprint density at radius 2 is 2.56 bits per heavy atom. The summed E-state index contributed by atoms with van der Waals surface area (Å²) in [4.78, 5) is 10.3. The van der Waals surface area contributed by atoms with Gasteiger partial charge in [0.25, 0.3) is 5.91 Å². The van der Waals surface area contributed by atoms with Crippen LogP contribution in [0.1, 0.15) is 6.92 Å². The lowest BCUT2D eigenvalue weighted by molar-refractivity contribution is -0.115. The highest BCUT2D eigenvalue weighted by Crippen LogP contribution is 1.68. The number of carbonyl (C=O) groups excluding carboxylic acids is 1. The van der Waals surface area contributed by atoms with Crippen molar-refractivity contribution >= 4 is 5.91 Å². The molecule has 3 heteroatoms. The standard InChI is InChI=1S/C6H10N2O/c1-3-6(9)8-4-5(2)7/h1,5H,4,7H2,2H3,(H,8,9). The molecule has 0 heterocycles. The molecule has 9 heavy (non-hydrogen) atoms. The fourth-order valence-electron chi connectivity index (χ4n) is 0.305. The quantitative estimate of drug-likeness (QED) is 0.470. The van der Waals surface area contributed by atoms with Gasteiger partial charge in [-0.15, -0.1) is 6.42 Å². The number of nitrogens with two attached hydrogens (primary N) is 1. The molecule has 0 saturated carbocycles. The van der Waals surface area contributed by atoms with E-state index < -0.39 is 5.91 Å². The molecule has 0 fully saturated rings. The van der Waals surface area contributed by atoms with Crippen LogP contribution in [0.2, 0.25) is 0 Å². The lowest BCUT2D eigenvalue weighted by atomic mass is 10.3. The highest BCUT2D eigenvalue weighted by molar-refractivity contribution is 5.92. The van der Waals surface area contributed by atoms with Crippen LogP contribution in [0.3, 0.4) is 0 Å². The maximum Gasteiger partial charge on any atom is 0.295 e.